The van der Waals surface area contributed by atoms with Crippen LogP contribution in [0.5, 0.6) is 0 Å². The molecular formula is C24H17ClNO+. The normalized spacial score (nSPS) is 10.6. The summed E-state index contributed by atoms with van der Waals surface area (Å²) in [5, 5.41) is 0.678. The first-order valence-electron chi connectivity index (χ1n) is 8.69. The molecule has 0 saturated heterocycles. The molecule has 0 atom stereocenters. The predicted molar refractivity (Wildman–Crippen MR) is 108 cm³/mol. The number of hydrogen-bond donors (Lipinski definition) is 0. The zero-order chi connectivity index (χ0) is 18.6. The van der Waals surface area contributed by atoms with Gasteiger partial charge in [-0.3, -0.25) is 4.79 Å². The summed E-state index contributed by atoms with van der Waals surface area (Å²) in [5.74, 6) is -0.00192. The van der Waals surface area contributed by atoms with E-state index in [0.29, 0.717) is 16.1 Å². The van der Waals surface area contributed by atoms with Crippen LogP contribution < -0.4 is 4.57 Å². The quantitative estimate of drug-likeness (QED) is 0.342. The molecule has 0 amide bonds. The highest BCUT2D eigenvalue weighted by Crippen LogP contribution is 2.19. The summed E-state index contributed by atoms with van der Waals surface area (Å²) in [6.07, 6.45) is 1.89. The Morgan fingerprint density at radius 1 is 0.667 bits per heavy atom. The van der Waals surface area contributed by atoms with Crippen LogP contribution >= 0.6 is 11.6 Å². The van der Waals surface area contributed by atoms with Crippen molar-refractivity contribution in [1.82, 2.24) is 0 Å². The van der Waals surface area contributed by atoms with E-state index in [1.54, 1.807) is 0 Å². The number of rotatable bonds is 4. The van der Waals surface area contributed by atoms with E-state index in [1.807, 2.05) is 95.7 Å². The van der Waals surface area contributed by atoms with Crippen molar-refractivity contribution in [3.63, 3.8) is 0 Å². The minimum Gasteiger partial charge on any atom is -0.288 e. The highest BCUT2D eigenvalue weighted by atomic mass is 35.5. The van der Waals surface area contributed by atoms with Gasteiger partial charge in [0.2, 0.25) is 11.4 Å². The second-order valence-electron chi connectivity index (χ2n) is 6.21. The fourth-order valence-electron chi connectivity index (χ4n) is 3.05. The standard InChI is InChI=1S/C24H17ClNO/c25-21-12-14-22(15-13-21)26-17-20(24(27)19-9-5-2-6-10-19)11-16-23(26)18-7-3-1-4-8-18/h1-17H/q+1. The molecule has 0 unspecified atom stereocenters. The number of nitrogens with zero attached hydrogens (tertiary/aromatic N) is 1. The van der Waals surface area contributed by atoms with Crippen molar-refractivity contribution < 1.29 is 9.36 Å². The Labute approximate surface area is 163 Å². The molecule has 0 aliphatic heterocycles. The highest BCUT2D eigenvalue weighted by molar-refractivity contribution is 6.30. The Kier molecular flexibility index (Phi) is 4.82. The van der Waals surface area contributed by atoms with E-state index in [4.69, 9.17) is 11.6 Å². The number of pyridine rings is 1. The van der Waals surface area contributed by atoms with E-state index in [2.05, 4.69) is 12.1 Å². The number of aromatic nitrogens is 1. The Morgan fingerprint density at radius 2 is 1.30 bits per heavy atom. The van der Waals surface area contributed by atoms with Crippen LogP contribution in [0.4, 0.5) is 0 Å². The van der Waals surface area contributed by atoms with Gasteiger partial charge in [0, 0.05) is 34.3 Å². The zero-order valence-corrected chi connectivity index (χ0v) is 15.3. The Bertz CT molecular complexity index is 1070. The topological polar surface area (TPSA) is 20.9 Å². The van der Waals surface area contributed by atoms with Gasteiger partial charge in [0.05, 0.1) is 5.56 Å². The Balaban J connectivity index is 1.86. The van der Waals surface area contributed by atoms with Crippen LogP contribution in [-0.4, -0.2) is 5.78 Å². The molecule has 130 valence electrons. The lowest BCUT2D eigenvalue weighted by molar-refractivity contribution is -0.584. The van der Waals surface area contributed by atoms with Gasteiger partial charge in [-0.2, -0.15) is 4.57 Å². The molecule has 0 saturated carbocycles. The molecule has 1 heterocycles. The van der Waals surface area contributed by atoms with Gasteiger partial charge in [0.1, 0.15) is 0 Å². The number of hydrogen-bond acceptors (Lipinski definition) is 1. The van der Waals surface area contributed by atoms with Gasteiger partial charge in [-0.05, 0) is 30.3 Å². The second kappa shape index (κ2) is 7.56. The average Bonchev–Trinajstić information content (AvgIpc) is 2.74. The van der Waals surface area contributed by atoms with Crippen molar-refractivity contribution in [3.8, 4) is 16.9 Å². The predicted octanol–water partition coefficient (Wildman–Crippen LogP) is 5.51. The molecule has 0 radical (unpaired) electrons. The minimum absolute atomic E-state index is 0.00192. The molecule has 0 N–H and O–H groups in total. The van der Waals surface area contributed by atoms with E-state index in [-0.39, 0.29) is 5.78 Å². The second-order valence-corrected chi connectivity index (χ2v) is 6.65. The van der Waals surface area contributed by atoms with Gasteiger partial charge in [-0.15, -0.1) is 0 Å². The zero-order valence-electron chi connectivity index (χ0n) is 14.5. The first kappa shape index (κ1) is 17.2. The summed E-state index contributed by atoms with van der Waals surface area (Å²) in [6, 6.07) is 30.9. The summed E-state index contributed by atoms with van der Waals surface area (Å²) in [6.45, 7) is 0. The van der Waals surface area contributed by atoms with Gasteiger partial charge in [0.15, 0.2) is 12.0 Å². The molecule has 0 bridgehead atoms. The van der Waals surface area contributed by atoms with Crippen LogP contribution in [0.1, 0.15) is 15.9 Å². The third-order valence-electron chi connectivity index (χ3n) is 4.42. The summed E-state index contributed by atoms with van der Waals surface area (Å²) in [4.78, 5) is 12.9. The van der Waals surface area contributed by atoms with Gasteiger partial charge in [-0.1, -0.05) is 60.1 Å². The monoisotopic (exact) mass is 370 g/mol. The van der Waals surface area contributed by atoms with Crippen molar-refractivity contribution in [3.05, 3.63) is 119 Å². The van der Waals surface area contributed by atoms with Crippen LogP contribution in [-0.2, 0) is 0 Å². The lowest BCUT2D eigenvalue weighted by Gasteiger charge is -2.07. The van der Waals surface area contributed by atoms with E-state index in [0.717, 1.165) is 16.9 Å². The first-order valence-corrected chi connectivity index (χ1v) is 9.07. The van der Waals surface area contributed by atoms with Gasteiger partial charge < -0.3 is 0 Å². The lowest BCUT2D eigenvalue weighted by atomic mass is 10.0. The average molecular weight is 371 g/mol. The van der Waals surface area contributed by atoms with Crippen LogP contribution in [0.15, 0.2) is 103 Å². The Hall–Kier alpha value is -3.23. The molecule has 0 aliphatic rings. The first-order chi connectivity index (χ1) is 13.2. The highest BCUT2D eigenvalue weighted by Gasteiger charge is 2.20. The van der Waals surface area contributed by atoms with E-state index in [1.165, 1.54) is 0 Å². The smallest absolute Gasteiger partial charge is 0.218 e. The molecule has 0 aliphatic carbocycles. The number of benzene rings is 3. The molecule has 4 rings (SSSR count). The largest absolute Gasteiger partial charge is 0.288 e. The summed E-state index contributed by atoms with van der Waals surface area (Å²) in [5.41, 5.74) is 4.33. The molecule has 4 aromatic rings. The number of carbonyl (C=O) groups is 1. The summed E-state index contributed by atoms with van der Waals surface area (Å²) in [7, 11) is 0. The third kappa shape index (κ3) is 3.67. The number of halogens is 1. The van der Waals surface area contributed by atoms with Gasteiger partial charge in [-0.25, -0.2) is 0 Å². The van der Waals surface area contributed by atoms with E-state index >= 15 is 0 Å². The van der Waals surface area contributed by atoms with Gasteiger partial charge in [0.25, 0.3) is 0 Å². The van der Waals surface area contributed by atoms with Gasteiger partial charge >= 0.3 is 0 Å². The maximum absolute atomic E-state index is 12.9. The maximum Gasteiger partial charge on any atom is 0.218 e. The third-order valence-corrected chi connectivity index (χ3v) is 4.67. The molecule has 0 spiro atoms. The molecule has 0 fully saturated rings. The van der Waals surface area contributed by atoms with Crippen molar-refractivity contribution >= 4 is 17.4 Å². The molecule has 3 aromatic carbocycles. The fourth-order valence-corrected chi connectivity index (χ4v) is 3.18. The Morgan fingerprint density at radius 3 is 1.96 bits per heavy atom. The van der Waals surface area contributed by atoms with Crippen LogP contribution in [0, 0.1) is 0 Å². The molecule has 2 nitrogen and oxygen atoms in total. The minimum atomic E-state index is -0.00192. The van der Waals surface area contributed by atoms with Crippen molar-refractivity contribution in [2.45, 2.75) is 0 Å². The van der Waals surface area contributed by atoms with E-state index < -0.39 is 0 Å². The molecule has 27 heavy (non-hydrogen) atoms. The van der Waals surface area contributed by atoms with Crippen molar-refractivity contribution in [2.24, 2.45) is 0 Å². The van der Waals surface area contributed by atoms with Crippen LogP contribution in [0.3, 0.4) is 0 Å². The maximum atomic E-state index is 12.9. The fraction of sp³-hybridized carbons (Fsp3) is 0. The molecular weight excluding hydrogens is 354 g/mol. The number of ketones is 1. The summed E-state index contributed by atoms with van der Waals surface area (Å²) >= 11 is 6.05. The summed E-state index contributed by atoms with van der Waals surface area (Å²) < 4.78 is 2.03. The molecule has 1 aromatic heterocycles. The van der Waals surface area contributed by atoms with E-state index in [9.17, 15) is 4.79 Å². The lowest BCUT2D eigenvalue weighted by Crippen LogP contribution is -2.34. The molecule has 3 heteroatoms. The SMILES string of the molecule is O=C(c1ccccc1)c1ccc(-c2ccccc2)[n+](-c2ccc(Cl)cc2)c1. The van der Waals surface area contributed by atoms with Crippen LogP contribution in [0.25, 0.3) is 16.9 Å². The van der Waals surface area contributed by atoms with Crippen molar-refractivity contribution in [1.29, 1.82) is 0 Å². The van der Waals surface area contributed by atoms with Crippen LogP contribution in [0.2, 0.25) is 5.02 Å². The van der Waals surface area contributed by atoms with Crippen molar-refractivity contribution in [2.75, 3.05) is 0 Å². The number of carbonyl (C=O) groups excluding carboxylic acids is 1.